The van der Waals surface area contributed by atoms with Crippen molar-refractivity contribution in [2.24, 2.45) is 0 Å². The zero-order chi connectivity index (χ0) is 18.8. The second kappa shape index (κ2) is 7.54. The zero-order valence-electron chi connectivity index (χ0n) is 14.1. The lowest BCUT2D eigenvalue weighted by atomic mass is 9.95. The smallest absolute Gasteiger partial charge is 0.264 e. The first-order valence-corrected chi connectivity index (χ1v) is 9.82. The molecule has 2 aromatic rings. The summed E-state index contributed by atoms with van der Waals surface area (Å²) in [5, 5.41) is 0.273. The zero-order valence-corrected chi connectivity index (χ0v) is 15.7. The lowest BCUT2D eigenvalue weighted by Gasteiger charge is -2.13. The van der Waals surface area contributed by atoms with Crippen molar-refractivity contribution >= 4 is 27.5 Å². The number of halogens is 2. The molecule has 0 spiro atoms. The minimum absolute atomic E-state index is 0.0140. The maximum atomic E-state index is 14.8. The van der Waals surface area contributed by atoms with E-state index in [1.165, 1.54) is 25.1 Å². The van der Waals surface area contributed by atoms with Gasteiger partial charge in [0.2, 0.25) is 10.0 Å². The van der Waals surface area contributed by atoms with Crippen LogP contribution in [0.15, 0.2) is 36.4 Å². The number of rotatable bonds is 5. The Morgan fingerprint density at radius 3 is 2.48 bits per heavy atom. The van der Waals surface area contributed by atoms with Crippen molar-refractivity contribution in [2.75, 3.05) is 5.75 Å². The molecule has 0 aromatic heterocycles. The van der Waals surface area contributed by atoms with Crippen LogP contribution in [0.1, 0.15) is 42.6 Å². The number of carbonyl (C=O) groups excluding carboxylic acids is 1. The van der Waals surface area contributed by atoms with Gasteiger partial charge in [-0.05, 0) is 36.6 Å². The summed E-state index contributed by atoms with van der Waals surface area (Å²) in [6.45, 7) is 5.18. The monoisotopic (exact) mass is 383 g/mol. The molecule has 0 unspecified atom stereocenters. The van der Waals surface area contributed by atoms with Crippen LogP contribution in [0.25, 0.3) is 11.1 Å². The van der Waals surface area contributed by atoms with Crippen molar-refractivity contribution in [1.29, 1.82) is 0 Å². The molecule has 0 saturated heterocycles. The largest absolute Gasteiger partial charge is 0.268 e. The Bertz CT molecular complexity index is 911. The first-order valence-electron chi connectivity index (χ1n) is 7.79. The predicted octanol–water partition coefficient (Wildman–Crippen LogP) is 4.35. The van der Waals surface area contributed by atoms with E-state index in [2.05, 4.69) is 0 Å². The van der Waals surface area contributed by atoms with Gasteiger partial charge in [-0.2, -0.15) is 0 Å². The van der Waals surface area contributed by atoms with Crippen molar-refractivity contribution in [3.63, 3.8) is 0 Å². The molecule has 0 aliphatic carbocycles. The van der Waals surface area contributed by atoms with Crippen LogP contribution in [0.4, 0.5) is 4.39 Å². The molecular formula is C18H19ClFNO3S. The van der Waals surface area contributed by atoms with Gasteiger partial charge < -0.3 is 0 Å². The predicted molar refractivity (Wildman–Crippen MR) is 97.9 cm³/mol. The van der Waals surface area contributed by atoms with Gasteiger partial charge in [0.25, 0.3) is 5.91 Å². The van der Waals surface area contributed by atoms with Gasteiger partial charge in [0, 0.05) is 21.7 Å². The Kier molecular flexibility index (Phi) is 5.85. The van der Waals surface area contributed by atoms with Crippen LogP contribution in [0.2, 0.25) is 5.02 Å². The lowest BCUT2D eigenvalue weighted by molar-refractivity contribution is 0.0981. The minimum Gasteiger partial charge on any atom is -0.268 e. The van der Waals surface area contributed by atoms with Crippen molar-refractivity contribution < 1.29 is 17.6 Å². The Labute approximate surface area is 152 Å². The van der Waals surface area contributed by atoms with Gasteiger partial charge in [-0.25, -0.2) is 17.5 Å². The number of nitrogens with one attached hydrogen (secondary N) is 1. The van der Waals surface area contributed by atoms with Crippen molar-refractivity contribution in [1.82, 2.24) is 4.72 Å². The molecule has 1 N–H and O–H groups in total. The summed E-state index contributed by atoms with van der Waals surface area (Å²) in [6.07, 6.45) is 0. The fourth-order valence-electron chi connectivity index (χ4n) is 2.35. The van der Waals surface area contributed by atoms with Crippen molar-refractivity contribution in [3.05, 3.63) is 58.4 Å². The average molecular weight is 384 g/mol. The van der Waals surface area contributed by atoms with Crippen LogP contribution >= 0.6 is 11.6 Å². The van der Waals surface area contributed by atoms with Crippen molar-refractivity contribution in [3.8, 4) is 11.1 Å². The van der Waals surface area contributed by atoms with Crippen LogP contribution in [0.5, 0.6) is 0 Å². The maximum Gasteiger partial charge on any atom is 0.264 e. The Balaban J connectivity index is 2.51. The molecule has 0 fully saturated rings. The van der Waals surface area contributed by atoms with E-state index in [9.17, 15) is 17.6 Å². The van der Waals surface area contributed by atoms with E-state index < -0.39 is 21.7 Å². The Morgan fingerprint density at radius 2 is 1.88 bits per heavy atom. The van der Waals surface area contributed by atoms with Crippen LogP contribution in [-0.2, 0) is 10.0 Å². The van der Waals surface area contributed by atoms with Crippen LogP contribution in [0, 0.1) is 5.82 Å². The number of carbonyl (C=O) groups is 1. The van der Waals surface area contributed by atoms with Crippen LogP contribution < -0.4 is 4.72 Å². The second-order valence-corrected chi connectivity index (χ2v) is 8.31. The highest BCUT2D eigenvalue weighted by Crippen LogP contribution is 2.33. The van der Waals surface area contributed by atoms with Crippen LogP contribution in [0.3, 0.4) is 0 Å². The highest BCUT2D eigenvalue weighted by atomic mass is 35.5. The summed E-state index contributed by atoms with van der Waals surface area (Å²) >= 11 is 6.18. The molecule has 0 aliphatic heterocycles. The average Bonchev–Trinajstić information content (AvgIpc) is 2.55. The molecule has 7 heteroatoms. The molecule has 25 heavy (non-hydrogen) atoms. The molecule has 0 radical (unpaired) electrons. The van der Waals surface area contributed by atoms with E-state index in [0.717, 1.165) is 0 Å². The van der Waals surface area contributed by atoms with E-state index in [1.807, 2.05) is 18.6 Å². The summed E-state index contributed by atoms with van der Waals surface area (Å²) in [6, 6.07) is 9.24. The molecular weight excluding hydrogens is 365 g/mol. The second-order valence-electron chi connectivity index (χ2n) is 5.89. The summed E-state index contributed by atoms with van der Waals surface area (Å²) in [7, 11) is -3.69. The quantitative estimate of drug-likeness (QED) is 0.834. The number of amides is 1. The normalized spacial score (nSPS) is 11.6. The minimum atomic E-state index is -3.69. The first kappa shape index (κ1) is 19.4. The molecule has 1 amide bonds. The molecule has 0 bridgehead atoms. The van der Waals surface area contributed by atoms with Gasteiger partial charge in [0.1, 0.15) is 5.82 Å². The molecule has 2 aromatic carbocycles. The van der Waals surface area contributed by atoms with Gasteiger partial charge in [0.05, 0.1) is 5.75 Å². The molecule has 134 valence electrons. The van der Waals surface area contributed by atoms with E-state index in [0.29, 0.717) is 11.1 Å². The van der Waals surface area contributed by atoms with Crippen molar-refractivity contribution in [2.45, 2.75) is 26.7 Å². The summed E-state index contributed by atoms with van der Waals surface area (Å²) in [4.78, 5) is 12.1. The van der Waals surface area contributed by atoms with Crippen LogP contribution in [-0.4, -0.2) is 20.1 Å². The molecule has 0 aliphatic rings. The topological polar surface area (TPSA) is 63.2 Å². The molecule has 0 heterocycles. The third kappa shape index (κ3) is 4.38. The highest BCUT2D eigenvalue weighted by molar-refractivity contribution is 7.90. The number of hydrogen-bond donors (Lipinski definition) is 1. The molecule has 4 nitrogen and oxygen atoms in total. The van der Waals surface area contributed by atoms with E-state index in [1.54, 1.807) is 18.2 Å². The van der Waals surface area contributed by atoms with Gasteiger partial charge in [-0.15, -0.1) is 0 Å². The van der Waals surface area contributed by atoms with Gasteiger partial charge in [0.15, 0.2) is 0 Å². The Morgan fingerprint density at radius 1 is 1.20 bits per heavy atom. The third-order valence-corrected chi connectivity index (χ3v) is 5.38. The Hall–Kier alpha value is -1.92. The standard InChI is InChI=1S/C18H19ClFNO3S/c1-4-25(23,24)21-18(22)12-8-9-16(19)15(10-12)14-7-5-6-13(11(2)3)17(14)20/h5-11H,4H2,1-3H3,(H,21,22). The van der Waals surface area contributed by atoms with E-state index >= 15 is 0 Å². The number of benzene rings is 2. The molecule has 2 rings (SSSR count). The summed E-state index contributed by atoms with van der Waals surface area (Å²) in [5.74, 6) is -1.41. The van der Waals surface area contributed by atoms with Gasteiger partial charge >= 0.3 is 0 Å². The number of hydrogen-bond acceptors (Lipinski definition) is 3. The SMILES string of the molecule is CCS(=O)(=O)NC(=O)c1ccc(Cl)c(-c2cccc(C(C)C)c2F)c1. The first-order chi connectivity index (χ1) is 11.7. The fraction of sp³-hybridized carbons (Fsp3) is 0.278. The third-order valence-electron chi connectivity index (χ3n) is 3.80. The lowest BCUT2D eigenvalue weighted by Crippen LogP contribution is -2.31. The van der Waals surface area contributed by atoms with Gasteiger partial charge in [-0.3, -0.25) is 4.79 Å². The van der Waals surface area contributed by atoms with Gasteiger partial charge in [-0.1, -0.05) is 43.6 Å². The maximum absolute atomic E-state index is 14.8. The molecule has 0 saturated carbocycles. The van der Waals surface area contributed by atoms with E-state index in [4.69, 9.17) is 11.6 Å². The molecule has 0 atom stereocenters. The highest BCUT2D eigenvalue weighted by Gasteiger charge is 2.18. The number of sulfonamides is 1. The summed E-state index contributed by atoms with van der Waals surface area (Å²) in [5.41, 5.74) is 1.23. The fourth-order valence-corrected chi connectivity index (χ4v) is 3.11. The van der Waals surface area contributed by atoms with E-state index in [-0.39, 0.29) is 27.8 Å². The summed E-state index contributed by atoms with van der Waals surface area (Å²) < 4.78 is 39.9.